The van der Waals surface area contributed by atoms with Crippen LogP contribution in [0.15, 0.2) is 48.5 Å². The Kier molecular flexibility index (Phi) is 6.91. The average Bonchev–Trinajstić information content (AvgIpc) is 2.94. The molecule has 1 aliphatic heterocycles. The molecule has 2 aromatic rings. The summed E-state index contributed by atoms with van der Waals surface area (Å²) in [6, 6.07) is 12.1. The maximum atomic E-state index is 13.1. The second kappa shape index (κ2) is 9.42. The fourth-order valence-electron chi connectivity index (χ4n) is 2.97. The molecule has 0 aromatic heterocycles. The minimum atomic E-state index is -0.959. The van der Waals surface area contributed by atoms with Crippen molar-refractivity contribution < 1.29 is 19.1 Å². The zero-order chi connectivity index (χ0) is 21.8. The van der Waals surface area contributed by atoms with Gasteiger partial charge in [0.25, 0.3) is 5.91 Å². The molecule has 0 aliphatic carbocycles. The summed E-state index contributed by atoms with van der Waals surface area (Å²) in [5.74, 6) is -1.41. The number of hydrogen-bond donors (Lipinski definition) is 1. The summed E-state index contributed by atoms with van der Waals surface area (Å²) in [4.78, 5) is 40.3. The van der Waals surface area contributed by atoms with Crippen molar-refractivity contribution in [2.75, 3.05) is 23.9 Å². The van der Waals surface area contributed by atoms with Crippen LogP contribution in [0.25, 0.3) is 0 Å². The van der Waals surface area contributed by atoms with Crippen molar-refractivity contribution in [1.82, 2.24) is 4.90 Å². The average molecular weight is 466 g/mol. The quantitative estimate of drug-likeness (QED) is 0.519. The number of benzene rings is 2. The van der Waals surface area contributed by atoms with Crippen LogP contribution < -0.4 is 10.2 Å². The lowest BCUT2D eigenvalue weighted by molar-refractivity contribution is -0.141. The zero-order valence-corrected chi connectivity index (χ0v) is 18.1. The van der Waals surface area contributed by atoms with E-state index in [1.807, 2.05) is 0 Å². The normalized spacial score (nSPS) is 16.0. The number of halogens is 2. The lowest BCUT2D eigenvalue weighted by Crippen LogP contribution is -2.41. The molecule has 7 nitrogen and oxygen atoms in total. The van der Waals surface area contributed by atoms with Gasteiger partial charge in [0.1, 0.15) is 12.6 Å². The predicted octanol–water partition coefficient (Wildman–Crippen LogP) is 3.50. The number of amides is 2. The third-order valence-electron chi connectivity index (χ3n) is 4.44. The van der Waals surface area contributed by atoms with E-state index in [1.54, 1.807) is 48.5 Å². The Balaban J connectivity index is 1.83. The predicted molar refractivity (Wildman–Crippen MR) is 119 cm³/mol. The highest BCUT2D eigenvalue weighted by molar-refractivity contribution is 7.80. The van der Waals surface area contributed by atoms with Gasteiger partial charge in [0.15, 0.2) is 5.11 Å². The Morgan fingerprint density at radius 2 is 1.63 bits per heavy atom. The van der Waals surface area contributed by atoms with Crippen molar-refractivity contribution >= 4 is 69.7 Å². The molecule has 1 atom stereocenters. The maximum Gasteiger partial charge on any atom is 0.325 e. The smallest absolute Gasteiger partial charge is 0.325 e. The van der Waals surface area contributed by atoms with Gasteiger partial charge in [-0.2, -0.15) is 0 Å². The molecular formula is C20H17Cl2N3O4S. The minimum absolute atomic E-state index is 0.108. The Labute approximate surface area is 188 Å². The largest absolute Gasteiger partial charge is 0.468 e. The Hall–Kier alpha value is -2.68. The Morgan fingerprint density at radius 1 is 1.07 bits per heavy atom. The van der Waals surface area contributed by atoms with E-state index < -0.39 is 23.8 Å². The van der Waals surface area contributed by atoms with Crippen LogP contribution in [0, 0.1) is 0 Å². The monoisotopic (exact) mass is 465 g/mol. The van der Waals surface area contributed by atoms with Crippen LogP contribution in [-0.2, 0) is 19.1 Å². The number of rotatable bonds is 6. The molecule has 0 saturated carbocycles. The number of anilines is 2. The van der Waals surface area contributed by atoms with Crippen molar-refractivity contribution in [3.8, 4) is 0 Å². The Bertz CT molecular complexity index is 983. The van der Waals surface area contributed by atoms with E-state index in [4.69, 9.17) is 40.2 Å². The van der Waals surface area contributed by atoms with Gasteiger partial charge in [-0.15, -0.1) is 0 Å². The maximum absolute atomic E-state index is 13.1. The van der Waals surface area contributed by atoms with Gasteiger partial charge in [-0.1, -0.05) is 23.2 Å². The topological polar surface area (TPSA) is 79.0 Å². The molecular weight excluding hydrogens is 449 g/mol. The lowest BCUT2D eigenvalue weighted by Gasteiger charge is -2.22. The summed E-state index contributed by atoms with van der Waals surface area (Å²) < 4.78 is 4.71. The molecule has 0 bridgehead atoms. The van der Waals surface area contributed by atoms with Crippen LogP contribution >= 0.6 is 35.4 Å². The molecule has 0 spiro atoms. The summed E-state index contributed by atoms with van der Waals surface area (Å²) in [7, 11) is 1.24. The minimum Gasteiger partial charge on any atom is -0.468 e. The van der Waals surface area contributed by atoms with Crippen LogP contribution in [0.1, 0.15) is 6.42 Å². The first kappa shape index (κ1) is 22.0. The van der Waals surface area contributed by atoms with Crippen molar-refractivity contribution in [1.29, 1.82) is 0 Å². The van der Waals surface area contributed by atoms with Crippen molar-refractivity contribution in [2.45, 2.75) is 12.5 Å². The summed E-state index contributed by atoms with van der Waals surface area (Å²) in [5, 5.41) is 3.85. The number of methoxy groups -OCH3 is 1. The van der Waals surface area contributed by atoms with Crippen LogP contribution in [0.3, 0.4) is 0 Å². The van der Waals surface area contributed by atoms with Gasteiger partial charge in [-0.05, 0) is 60.7 Å². The van der Waals surface area contributed by atoms with E-state index in [0.29, 0.717) is 21.4 Å². The van der Waals surface area contributed by atoms with Crippen molar-refractivity contribution in [2.24, 2.45) is 0 Å². The molecule has 1 heterocycles. The number of ether oxygens (including phenoxy) is 1. The summed E-state index contributed by atoms with van der Waals surface area (Å²) >= 11 is 17.2. The lowest BCUT2D eigenvalue weighted by atomic mass is 10.1. The molecule has 3 rings (SSSR count). The number of esters is 1. The standard InChI is InChI=1S/C20H17Cl2N3O4S/c1-29-18(27)11-24-16(10-17(26)23-14-6-2-12(21)3-7-14)19(28)25(20(24)30)15-8-4-13(22)5-9-15/h2-9,16H,10-11H2,1H3,(H,23,26)/t16-/m0/s1. The van der Waals surface area contributed by atoms with Crippen LogP contribution in [0.5, 0.6) is 0 Å². The molecule has 1 fully saturated rings. The molecule has 0 unspecified atom stereocenters. The Morgan fingerprint density at radius 3 is 2.20 bits per heavy atom. The van der Waals surface area contributed by atoms with E-state index in [2.05, 4.69) is 5.32 Å². The van der Waals surface area contributed by atoms with Gasteiger partial charge < -0.3 is 15.0 Å². The fourth-order valence-corrected chi connectivity index (χ4v) is 3.61. The molecule has 1 saturated heterocycles. The zero-order valence-electron chi connectivity index (χ0n) is 15.8. The summed E-state index contributed by atoms with van der Waals surface area (Å²) in [6.07, 6.45) is -0.206. The number of nitrogens with one attached hydrogen (secondary N) is 1. The second-order valence-electron chi connectivity index (χ2n) is 6.41. The van der Waals surface area contributed by atoms with E-state index >= 15 is 0 Å². The van der Waals surface area contributed by atoms with Gasteiger partial charge in [-0.3, -0.25) is 19.3 Å². The van der Waals surface area contributed by atoms with Gasteiger partial charge in [0.2, 0.25) is 5.91 Å². The van der Waals surface area contributed by atoms with Crippen LogP contribution in [0.4, 0.5) is 11.4 Å². The number of thiocarbonyl (C=S) groups is 1. The van der Waals surface area contributed by atoms with Crippen LogP contribution in [-0.4, -0.2) is 47.5 Å². The molecule has 2 amide bonds. The van der Waals surface area contributed by atoms with Crippen molar-refractivity contribution in [3.63, 3.8) is 0 Å². The first-order valence-corrected chi connectivity index (χ1v) is 9.99. The van der Waals surface area contributed by atoms with Gasteiger partial charge >= 0.3 is 5.97 Å². The highest BCUT2D eigenvalue weighted by atomic mass is 35.5. The van der Waals surface area contributed by atoms with E-state index in [0.717, 1.165) is 0 Å². The van der Waals surface area contributed by atoms with Gasteiger partial charge in [0.05, 0.1) is 19.2 Å². The van der Waals surface area contributed by atoms with Crippen LogP contribution in [0.2, 0.25) is 10.0 Å². The number of carbonyl (C=O) groups excluding carboxylic acids is 3. The molecule has 156 valence electrons. The molecule has 30 heavy (non-hydrogen) atoms. The van der Waals surface area contributed by atoms with Crippen molar-refractivity contribution in [3.05, 3.63) is 58.6 Å². The molecule has 1 N–H and O–H groups in total. The van der Waals surface area contributed by atoms with Gasteiger partial charge in [0, 0.05) is 15.7 Å². The van der Waals surface area contributed by atoms with E-state index in [-0.39, 0.29) is 18.1 Å². The van der Waals surface area contributed by atoms with Gasteiger partial charge in [-0.25, -0.2) is 0 Å². The van der Waals surface area contributed by atoms with E-state index in [1.165, 1.54) is 16.9 Å². The summed E-state index contributed by atoms with van der Waals surface area (Å²) in [5.41, 5.74) is 1.02. The highest BCUT2D eigenvalue weighted by Gasteiger charge is 2.45. The second-order valence-corrected chi connectivity index (χ2v) is 7.65. The number of carbonyl (C=O) groups is 3. The molecule has 0 radical (unpaired) electrons. The highest BCUT2D eigenvalue weighted by Crippen LogP contribution is 2.28. The number of hydrogen-bond acceptors (Lipinski definition) is 5. The van der Waals surface area contributed by atoms with E-state index in [9.17, 15) is 14.4 Å². The first-order chi connectivity index (χ1) is 14.3. The molecule has 1 aliphatic rings. The third-order valence-corrected chi connectivity index (χ3v) is 5.36. The first-order valence-electron chi connectivity index (χ1n) is 8.82. The molecule has 2 aromatic carbocycles. The summed E-state index contributed by atoms with van der Waals surface area (Å²) in [6.45, 7) is -0.260. The fraction of sp³-hybridized carbons (Fsp3) is 0.200. The third kappa shape index (κ3) is 4.89. The molecule has 10 heteroatoms. The SMILES string of the molecule is COC(=O)CN1C(=S)N(c2ccc(Cl)cc2)C(=O)[C@@H]1CC(=O)Nc1ccc(Cl)cc1. The number of nitrogens with zero attached hydrogens (tertiary/aromatic N) is 2.